The molecule has 2 aromatic carbocycles. The molecule has 0 atom stereocenters. The van der Waals surface area contributed by atoms with Gasteiger partial charge in [-0.25, -0.2) is 19.7 Å². The van der Waals surface area contributed by atoms with Gasteiger partial charge in [-0.1, -0.05) is 59.6 Å². The first kappa shape index (κ1) is 30.7. The average molecular weight is 649 g/mol. The third-order valence-corrected chi connectivity index (χ3v) is 8.80. The summed E-state index contributed by atoms with van der Waals surface area (Å²) in [5, 5.41) is 7.74. The fourth-order valence-corrected chi connectivity index (χ4v) is 6.08. The van der Waals surface area contributed by atoms with E-state index in [0.717, 1.165) is 41.7 Å². The molecule has 0 radical (unpaired) electrons. The molecule has 2 N–H and O–H groups in total. The molecule has 1 aliphatic heterocycles. The second-order valence-corrected chi connectivity index (χ2v) is 11.5. The van der Waals surface area contributed by atoms with Crippen LogP contribution in [0.2, 0.25) is 10.0 Å². The molecule has 0 amide bonds. The first-order valence-electron chi connectivity index (χ1n) is 14.4. The highest BCUT2D eigenvalue weighted by atomic mass is 35.5. The first-order valence-corrected chi connectivity index (χ1v) is 15.1. The smallest absolute Gasteiger partial charge is 0.332 e. The molecular weight excluding hydrogens is 617 g/mol. The monoisotopic (exact) mass is 647 g/mol. The zero-order chi connectivity index (χ0) is 31.7. The summed E-state index contributed by atoms with van der Waals surface area (Å²) in [5.41, 5.74) is 3.38. The molecule has 13 heteroatoms. The van der Waals surface area contributed by atoms with E-state index in [1.807, 2.05) is 42.5 Å². The molecule has 4 heterocycles. The Morgan fingerprint density at radius 1 is 0.933 bits per heavy atom. The van der Waals surface area contributed by atoms with Crippen molar-refractivity contribution in [3.63, 3.8) is 0 Å². The van der Waals surface area contributed by atoms with Crippen molar-refractivity contribution in [1.29, 1.82) is 0 Å². The van der Waals surface area contributed by atoms with E-state index < -0.39 is 11.2 Å². The van der Waals surface area contributed by atoms with Crippen molar-refractivity contribution < 1.29 is 9.47 Å². The number of benzene rings is 2. The number of anilines is 2. The molecule has 0 aliphatic carbocycles. The Balaban J connectivity index is 1.33. The molecule has 3 aromatic heterocycles. The van der Waals surface area contributed by atoms with Crippen LogP contribution in [0, 0.1) is 0 Å². The molecule has 232 valence electrons. The quantitative estimate of drug-likeness (QED) is 0.237. The molecule has 0 spiro atoms. The Labute approximate surface area is 268 Å². The van der Waals surface area contributed by atoms with Crippen molar-refractivity contribution in [3.8, 4) is 28.3 Å². The molecule has 1 fully saturated rings. The van der Waals surface area contributed by atoms with Gasteiger partial charge in [0.25, 0.3) is 5.56 Å². The van der Waals surface area contributed by atoms with Gasteiger partial charge in [0.1, 0.15) is 17.5 Å². The molecule has 0 saturated carbocycles. The van der Waals surface area contributed by atoms with Gasteiger partial charge in [0.15, 0.2) is 5.65 Å². The number of aromatic nitrogens is 5. The number of fused-ring (bicyclic) bond motifs is 1. The predicted octanol–water partition coefficient (Wildman–Crippen LogP) is 5.08. The van der Waals surface area contributed by atoms with Gasteiger partial charge in [-0.15, -0.1) is 0 Å². The van der Waals surface area contributed by atoms with Crippen LogP contribution in [0.1, 0.15) is 18.4 Å². The van der Waals surface area contributed by atoms with Crippen molar-refractivity contribution in [1.82, 2.24) is 29.4 Å². The number of pyridine rings is 1. The van der Waals surface area contributed by atoms with E-state index in [9.17, 15) is 9.59 Å². The summed E-state index contributed by atoms with van der Waals surface area (Å²) < 4.78 is 13.4. The van der Waals surface area contributed by atoms with Crippen LogP contribution >= 0.6 is 23.2 Å². The minimum absolute atomic E-state index is 0.162. The van der Waals surface area contributed by atoms with Crippen LogP contribution in [0.5, 0.6) is 5.88 Å². The van der Waals surface area contributed by atoms with Gasteiger partial charge >= 0.3 is 5.69 Å². The Morgan fingerprint density at radius 2 is 1.64 bits per heavy atom. The fourth-order valence-electron chi connectivity index (χ4n) is 5.48. The average Bonchev–Trinajstić information content (AvgIpc) is 3.07. The summed E-state index contributed by atoms with van der Waals surface area (Å²) in [5.74, 6) is 0.747. The van der Waals surface area contributed by atoms with E-state index in [0.29, 0.717) is 51.0 Å². The number of nitrogens with zero attached hydrogens (tertiary/aromatic N) is 5. The van der Waals surface area contributed by atoms with Gasteiger partial charge in [-0.2, -0.15) is 0 Å². The molecule has 6 rings (SSSR count). The van der Waals surface area contributed by atoms with Crippen LogP contribution in [0.4, 0.5) is 11.5 Å². The maximum atomic E-state index is 13.0. The number of hydrogen-bond acceptors (Lipinski definition) is 9. The highest BCUT2D eigenvalue weighted by molar-refractivity contribution is 6.39. The molecule has 1 saturated heterocycles. The van der Waals surface area contributed by atoms with E-state index in [4.69, 9.17) is 37.7 Å². The summed E-state index contributed by atoms with van der Waals surface area (Å²) in [6.45, 7) is 2.17. The molecule has 1 aliphatic rings. The van der Waals surface area contributed by atoms with Crippen LogP contribution in [-0.4, -0.2) is 50.5 Å². The highest BCUT2D eigenvalue weighted by Gasteiger charge is 2.20. The largest absolute Gasteiger partial charge is 0.481 e. The number of aryl methyl sites for hydroxylation is 1. The van der Waals surface area contributed by atoms with E-state index in [2.05, 4.69) is 20.6 Å². The molecular formula is C32H31Cl2N7O4. The summed E-state index contributed by atoms with van der Waals surface area (Å²) in [4.78, 5) is 38.7. The van der Waals surface area contributed by atoms with Crippen LogP contribution in [-0.2, 0) is 25.4 Å². The van der Waals surface area contributed by atoms with E-state index in [1.54, 1.807) is 20.2 Å². The standard InChI is InChI=1S/C32H31Cl2N7O4/c1-40-29-25(31(42)41(2)32(40)43)28(36-17-37-29)38-24-9-5-7-21(27(24)34)20-6-4-8-22(26(20)33)23-11-10-18(30(39-23)44-3)16-35-19-12-14-45-15-13-19/h4-11,17,19,35H,12-16H2,1-3H3,(H,36,37,38). The Hall–Kier alpha value is -4.29. The molecule has 0 bridgehead atoms. The highest BCUT2D eigenvalue weighted by Crippen LogP contribution is 2.42. The topological polar surface area (TPSA) is 125 Å². The van der Waals surface area contributed by atoms with Crippen molar-refractivity contribution in [2.75, 3.05) is 25.6 Å². The third kappa shape index (κ3) is 5.91. The van der Waals surface area contributed by atoms with Crippen LogP contribution < -0.4 is 26.6 Å². The second kappa shape index (κ2) is 13.0. The van der Waals surface area contributed by atoms with Gasteiger partial charge in [0.05, 0.1) is 28.5 Å². The van der Waals surface area contributed by atoms with Crippen LogP contribution in [0.25, 0.3) is 33.4 Å². The number of rotatable bonds is 8. The Bertz CT molecular complexity index is 2020. The zero-order valence-corrected chi connectivity index (χ0v) is 26.4. The summed E-state index contributed by atoms with van der Waals surface area (Å²) in [6, 6.07) is 15.5. The lowest BCUT2D eigenvalue weighted by Crippen LogP contribution is -2.37. The fraction of sp³-hybridized carbons (Fsp3) is 0.281. The number of nitrogens with one attached hydrogen (secondary N) is 2. The lowest BCUT2D eigenvalue weighted by atomic mass is 10.00. The molecule has 0 unspecified atom stereocenters. The third-order valence-electron chi connectivity index (χ3n) is 7.99. The van der Waals surface area contributed by atoms with Gasteiger partial charge in [-0.3, -0.25) is 13.9 Å². The van der Waals surface area contributed by atoms with Crippen molar-refractivity contribution >= 4 is 45.7 Å². The maximum absolute atomic E-state index is 13.0. The molecule has 5 aromatic rings. The first-order chi connectivity index (χ1) is 21.8. The van der Waals surface area contributed by atoms with E-state index >= 15 is 0 Å². The summed E-state index contributed by atoms with van der Waals surface area (Å²) in [7, 11) is 4.56. The summed E-state index contributed by atoms with van der Waals surface area (Å²) >= 11 is 14.0. The van der Waals surface area contributed by atoms with E-state index in [-0.39, 0.29) is 16.9 Å². The molecule has 45 heavy (non-hydrogen) atoms. The minimum Gasteiger partial charge on any atom is -0.481 e. The van der Waals surface area contributed by atoms with Gasteiger partial charge < -0.3 is 20.1 Å². The van der Waals surface area contributed by atoms with Crippen LogP contribution in [0.15, 0.2) is 64.4 Å². The lowest BCUT2D eigenvalue weighted by Gasteiger charge is -2.23. The number of hydrogen-bond donors (Lipinski definition) is 2. The van der Waals surface area contributed by atoms with Gasteiger partial charge in [0, 0.05) is 62.1 Å². The maximum Gasteiger partial charge on any atom is 0.332 e. The van der Waals surface area contributed by atoms with Crippen molar-refractivity contribution in [2.24, 2.45) is 14.1 Å². The Morgan fingerprint density at radius 3 is 2.40 bits per heavy atom. The number of methoxy groups -OCH3 is 1. The van der Waals surface area contributed by atoms with E-state index in [1.165, 1.54) is 17.9 Å². The van der Waals surface area contributed by atoms with Crippen molar-refractivity contribution in [3.05, 3.63) is 91.3 Å². The minimum atomic E-state index is -0.521. The number of halogens is 2. The van der Waals surface area contributed by atoms with Gasteiger partial charge in [-0.05, 0) is 25.0 Å². The summed E-state index contributed by atoms with van der Waals surface area (Å²) in [6.07, 6.45) is 3.24. The SMILES string of the molecule is COc1nc(-c2cccc(-c3cccc(Nc4ncnc5c4c(=O)n(C)c(=O)n5C)c3Cl)c2Cl)ccc1CNC1CCOCC1. The van der Waals surface area contributed by atoms with Crippen LogP contribution in [0.3, 0.4) is 0 Å². The second-order valence-electron chi connectivity index (χ2n) is 10.7. The lowest BCUT2D eigenvalue weighted by molar-refractivity contribution is 0.0775. The Kier molecular flexibility index (Phi) is 8.86. The number of ether oxygens (including phenoxy) is 2. The normalized spacial score (nSPS) is 13.7. The van der Waals surface area contributed by atoms with Crippen molar-refractivity contribution in [2.45, 2.75) is 25.4 Å². The molecule has 11 nitrogen and oxygen atoms in total. The zero-order valence-electron chi connectivity index (χ0n) is 24.9. The predicted molar refractivity (Wildman–Crippen MR) is 176 cm³/mol. The van der Waals surface area contributed by atoms with Gasteiger partial charge in [0.2, 0.25) is 5.88 Å².